The van der Waals surface area contributed by atoms with Crippen LogP contribution in [0.2, 0.25) is 0 Å². The molecule has 0 saturated heterocycles. The summed E-state index contributed by atoms with van der Waals surface area (Å²) in [4.78, 5) is 40.7. The topological polar surface area (TPSA) is 213 Å². The Labute approximate surface area is 172 Å². The van der Waals surface area contributed by atoms with E-state index >= 15 is 0 Å². The average molecular weight is 395 g/mol. The van der Waals surface area contributed by atoms with Crippen LogP contribution in [0.1, 0.15) is 6.42 Å². The van der Waals surface area contributed by atoms with Crippen molar-refractivity contribution in [3.8, 4) is 0 Å². The molecule has 0 aromatic rings. The number of carbonyl (C=O) groups excluding carboxylic acids is 1. The largest absolute Gasteiger partial charge is 0.547 e. The molecule has 0 aromatic heterocycles. The van der Waals surface area contributed by atoms with Crippen LogP contribution >= 0.6 is 0 Å². The predicted octanol–water partition coefficient (Wildman–Crippen LogP) is -4.86. The van der Waals surface area contributed by atoms with Crippen molar-refractivity contribution in [1.29, 1.82) is 0 Å². The number of aliphatic carboxylic acids is 4. The van der Waals surface area contributed by atoms with E-state index in [1.54, 1.807) is 21.1 Å². The third-order valence-electron chi connectivity index (χ3n) is 2.47. The van der Waals surface area contributed by atoms with Crippen LogP contribution in [0, 0.1) is 0 Å². The molecule has 0 aliphatic rings. The molecule has 2 unspecified atom stereocenters. The summed E-state index contributed by atoms with van der Waals surface area (Å²) in [6.07, 6.45) is -5.47. The molecule has 2 radical (unpaired) electrons. The number of hydrogen-bond acceptors (Lipinski definition) is 8. The Morgan fingerprint density at radius 1 is 1.04 bits per heavy atom. The molecule has 0 aliphatic heterocycles. The smallest absolute Gasteiger partial charge is 0.339 e. The molecule has 0 bridgehead atoms. The predicted molar refractivity (Wildman–Crippen MR) is 78.1 cm³/mol. The van der Waals surface area contributed by atoms with Crippen LogP contribution in [0.4, 0.5) is 0 Å². The van der Waals surface area contributed by atoms with Gasteiger partial charge < -0.3 is 45.0 Å². The second-order valence-electron chi connectivity index (χ2n) is 5.85. The van der Waals surface area contributed by atoms with Gasteiger partial charge >= 0.3 is 17.9 Å². The second kappa shape index (κ2) is 11.6. The number of likely N-dealkylation sites (N-methyl/N-ethyl adjacent to an activating group) is 1. The standard InChI is InChI=1S/C6H13NO3.C6H8O8.Ca/c1-7(2,3)4-5(8)6(9)10;7-2(8)1-6(14,5(12)13)3(9)4(10)11;/h5,8H,4H2,1-3H3;3,9,14H,1H2,(H,7,8)(H,10,11)(H,12,13);/t5-;;/m1../s1. The number of nitrogens with zero attached hydrogens (tertiary/aromatic N) is 1. The molecule has 12 nitrogen and oxygen atoms in total. The molecular formula is C12H21CaNO11. The van der Waals surface area contributed by atoms with Gasteiger partial charge in [0.2, 0.25) is 5.60 Å². The summed E-state index contributed by atoms with van der Waals surface area (Å²) in [5.41, 5.74) is -3.22. The summed E-state index contributed by atoms with van der Waals surface area (Å²) in [7, 11) is 5.39. The Morgan fingerprint density at radius 3 is 1.60 bits per heavy atom. The Kier molecular flexibility index (Phi) is 13.3. The normalized spacial score (nSPS) is 15.3. The molecule has 13 heteroatoms. The van der Waals surface area contributed by atoms with Crippen LogP contribution < -0.4 is 5.11 Å². The SMILES string of the molecule is C[N+](C)(C)C[C@@H](O)C(=O)[O-].O=C(O)CC(O)(C(=O)O)C(O)C(=O)O.[Ca]. The van der Waals surface area contributed by atoms with E-state index in [-0.39, 0.29) is 44.3 Å². The second-order valence-corrected chi connectivity index (χ2v) is 5.85. The molecular weight excluding hydrogens is 374 g/mol. The van der Waals surface area contributed by atoms with Gasteiger partial charge in [-0.25, -0.2) is 9.59 Å². The van der Waals surface area contributed by atoms with Crippen LogP contribution in [-0.4, -0.2) is 142 Å². The zero-order chi connectivity index (χ0) is 19.9. The fourth-order valence-electron chi connectivity index (χ4n) is 1.32. The zero-order valence-corrected chi connectivity index (χ0v) is 16.2. The quantitative estimate of drug-likeness (QED) is 0.169. The van der Waals surface area contributed by atoms with E-state index < -0.39 is 48.1 Å². The fraction of sp³-hybridized carbons (Fsp3) is 0.667. The minimum Gasteiger partial charge on any atom is -0.547 e. The van der Waals surface area contributed by atoms with Gasteiger partial charge in [0.15, 0.2) is 6.10 Å². The first-order valence-electron chi connectivity index (χ1n) is 6.32. The fourth-order valence-corrected chi connectivity index (χ4v) is 1.32. The van der Waals surface area contributed by atoms with E-state index in [1.807, 2.05) is 0 Å². The number of carboxylic acids is 4. The first-order valence-corrected chi connectivity index (χ1v) is 6.32. The maximum atomic E-state index is 10.4. The third-order valence-corrected chi connectivity index (χ3v) is 2.47. The molecule has 0 heterocycles. The summed E-state index contributed by atoms with van der Waals surface area (Å²) < 4.78 is 0.412. The number of aliphatic hydroxyl groups excluding tert-OH is 2. The third kappa shape index (κ3) is 12.0. The minimum atomic E-state index is -3.22. The van der Waals surface area contributed by atoms with Crippen LogP contribution in [0.25, 0.3) is 0 Å². The summed E-state index contributed by atoms with van der Waals surface area (Å²) >= 11 is 0. The number of hydrogen-bond donors (Lipinski definition) is 6. The van der Waals surface area contributed by atoms with Crippen molar-refractivity contribution in [1.82, 2.24) is 0 Å². The van der Waals surface area contributed by atoms with Crippen LogP contribution in [0.5, 0.6) is 0 Å². The van der Waals surface area contributed by atoms with E-state index in [0.29, 0.717) is 4.48 Å². The summed E-state index contributed by atoms with van der Waals surface area (Å²) in [6, 6.07) is 0. The van der Waals surface area contributed by atoms with Crippen molar-refractivity contribution in [2.24, 2.45) is 0 Å². The number of carboxylic acid groups (broad SMARTS) is 4. The van der Waals surface area contributed by atoms with E-state index in [9.17, 15) is 24.3 Å². The molecule has 142 valence electrons. The Morgan fingerprint density at radius 2 is 1.44 bits per heavy atom. The molecule has 25 heavy (non-hydrogen) atoms. The molecule has 0 rings (SSSR count). The Hall–Kier alpha value is -1.02. The van der Waals surface area contributed by atoms with Crippen molar-refractivity contribution in [3.05, 3.63) is 0 Å². The Bertz CT molecular complexity index is 490. The minimum absolute atomic E-state index is 0. The molecule has 3 atom stereocenters. The van der Waals surface area contributed by atoms with Crippen LogP contribution in [-0.2, 0) is 19.2 Å². The van der Waals surface area contributed by atoms with Crippen LogP contribution in [0.15, 0.2) is 0 Å². The van der Waals surface area contributed by atoms with Gasteiger partial charge in [0.1, 0.15) is 12.6 Å². The van der Waals surface area contributed by atoms with Gasteiger partial charge in [-0.15, -0.1) is 0 Å². The number of aliphatic hydroxyl groups is 3. The number of carbonyl (C=O) groups is 4. The van der Waals surface area contributed by atoms with Crippen molar-refractivity contribution >= 4 is 61.6 Å². The van der Waals surface area contributed by atoms with Crippen molar-refractivity contribution in [2.75, 3.05) is 27.7 Å². The maximum absolute atomic E-state index is 10.4. The maximum Gasteiger partial charge on any atom is 0.339 e. The van der Waals surface area contributed by atoms with Gasteiger partial charge in [-0.3, -0.25) is 4.79 Å². The van der Waals surface area contributed by atoms with E-state index in [0.717, 1.165) is 0 Å². The van der Waals surface area contributed by atoms with Gasteiger partial charge in [0, 0.05) is 37.7 Å². The Balaban J connectivity index is -0.000000392. The molecule has 0 spiro atoms. The van der Waals surface area contributed by atoms with E-state index in [4.69, 9.17) is 30.6 Å². The van der Waals surface area contributed by atoms with Gasteiger partial charge in [-0.2, -0.15) is 0 Å². The summed E-state index contributed by atoms with van der Waals surface area (Å²) in [6.45, 7) is 0.169. The first kappa shape index (κ1) is 28.8. The van der Waals surface area contributed by atoms with Crippen molar-refractivity contribution in [3.63, 3.8) is 0 Å². The van der Waals surface area contributed by atoms with E-state index in [1.165, 1.54) is 0 Å². The zero-order valence-electron chi connectivity index (χ0n) is 13.9. The van der Waals surface area contributed by atoms with Gasteiger partial charge in [-0.1, -0.05) is 0 Å². The van der Waals surface area contributed by atoms with Gasteiger partial charge in [0.05, 0.1) is 33.5 Å². The van der Waals surface area contributed by atoms with E-state index in [2.05, 4.69) is 0 Å². The average Bonchev–Trinajstić information content (AvgIpc) is 2.35. The van der Waals surface area contributed by atoms with Crippen molar-refractivity contribution in [2.45, 2.75) is 24.2 Å². The van der Waals surface area contributed by atoms with Crippen molar-refractivity contribution < 1.29 is 59.4 Å². The molecule has 0 fully saturated rings. The molecule has 0 amide bonds. The summed E-state index contributed by atoms with van der Waals surface area (Å²) in [5, 5.41) is 61.4. The molecule has 6 N–H and O–H groups in total. The number of quaternary nitrogens is 1. The number of rotatable bonds is 8. The molecule has 0 aliphatic carbocycles. The molecule has 0 aromatic carbocycles. The van der Waals surface area contributed by atoms with Gasteiger partial charge in [0.25, 0.3) is 0 Å². The summed E-state index contributed by atoms with van der Waals surface area (Å²) in [5.74, 6) is -7.28. The molecule has 0 saturated carbocycles. The first-order chi connectivity index (χ1) is 10.5. The van der Waals surface area contributed by atoms with Crippen LogP contribution in [0.3, 0.4) is 0 Å². The monoisotopic (exact) mass is 395 g/mol. The van der Waals surface area contributed by atoms with Gasteiger partial charge in [-0.05, 0) is 0 Å².